The van der Waals surface area contributed by atoms with Crippen molar-refractivity contribution in [3.05, 3.63) is 36.4 Å². The van der Waals surface area contributed by atoms with Crippen LogP contribution in [0.15, 0.2) is 30.8 Å². The second kappa shape index (κ2) is 7.94. The number of rotatable bonds is 8. The Balaban J connectivity index is 2.39. The van der Waals surface area contributed by atoms with Gasteiger partial charge in [0.15, 0.2) is 0 Å². The Morgan fingerprint density at radius 3 is 2.71 bits per heavy atom. The van der Waals surface area contributed by atoms with Crippen LogP contribution in [0, 0.1) is 0 Å². The molecule has 0 saturated heterocycles. The van der Waals surface area contributed by atoms with E-state index in [4.69, 9.17) is 4.74 Å². The van der Waals surface area contributed by atoms with Crippen LogP contribution in [0.1, 0.15) is 51.5 Å². The van der Waals surface area contributed by atoms with Crippen molar-refractivity contribution in [1.29, 1.82) is 0 Å². The molecule has 1 rings (SSSR count). The van der Waals surface area contributed by atoms with Crippen LogP contribution in [0.2, 0.25) is 0 Å². The Hall–Kier alpha value is -1.24. The first-order chi connectivity index (χ1) is 8.27. The van der Waals surface area contributed by atoms with Crippen LogP contribution in [0.5, 0.6) is 5.75 Å². The molecule has 0 spiro atoms. The molecule has 1 atom stereocenters. The molecular weight excluding hydrogens is 208 g/mol. The van der Waals surface area contributed by atoms with E-state index in [1.165, 1.54) is 25.7 Å². The molecule has 0 aromatic heterocycles. The lowest BCUT2D eigenvalue weighted by atomic mass is 10.1. The van der Waals surface area contributed by atoms with E-state index in [0.717, 1.165) is 17.7 Å². The number of benzene rings is 1. The lowest BCUT2D eigenvalue weighted by Crippen LogP contribution is -2.12. The standard InChI is InChI=1S/C16H24O/c1-4-6-7-8-11-14(3)17-16-13-10-9-12-15(16)5-2/h5,9-10,12-14H,2,4,6-8,11H2,1,3H3. The van der Waals surface area contributed by atoms with Crippen molar-refractivity contribution in [2.24, 2.45) is 0 Å². The summed E-state index contributed by atoms with van der Waals surface area (Å²) in [7, 11) is 0. The first kappa shape index (κ1) is 13.8. The van der Waals surface area contributed by atoms with Crippen LogP contribution in [0.25, 0.3) is 6.08 Å². The molecule has 0 saturated carbocycles. The molecule has 0 heterocycles. The maximum absolute atomic E-state index is 5.95. The van der Waals surface area contributed by atoms with Gasteiger partial charge in [-0.15, -0.1) is 0 Å². The van der Waals surface area contributed by atoms with Gasteiger partial charge in [0.1, 0.15) is 5.75 Å². The van der Waals surface area contributed by atoms with E-state index in [1.54, 1.807) is 0 Å². The number of ether oxygens (including phenoxy) is 1. The summed E-state index contributed by atoms with van der Waals surface area (Å²) in [4.78, 5) is 0. The highest BCUT2D eigenvalue weighted by molar-refractivity contribution is 5.55. The van der Waals surface area contributed by atoms with Gasteiger partial charge in [-0.2, -0.15) is 0 Å². The second-order valence-electron chi connectivity index (χ2n) is 4.52. The second-order valence-corrected chi connectivity index (χ2v) is 4.52. The van der Waals surface area contributed by atoms with Crippen LogP contribution in [0.3, 0.4) is 0 Å². The van der Waals surface area contributed by atoms with Crippen molar-refractivity contribution in [3.63, 3.8) is 0 Å². The molecule has 0 aliphatic heterocycles. The van der Waals surface area contributed by atoms with Gasteiger partial charge in [0, 0.05) is 5.56 Å². The molecule has 0 N–H and O–H groups in total. The largest absolute Gasteiger partial charge is 0.490 e. The molecule has 94 valence electrons. The van der Waals surface area contributed by atoms with E-state index in [9.17, 15) is 0 Å². The lowest BCUT2D eigenvalue weighted by Gasteiger charge is -2.16. The quantitative estimate of drug-likeness (QED) is 0.569. The number of unbranched alkanes of at least 4 members (excludes halogenated alkanes) is 3. The predicted octanol–water partition coefficient (Wildman–Crippen LogP) is 5.07. The molecule has 0 aliphatic rings. The molecule has 0 aliphatic carbocycles. The van der Waals surface area contributed by atoms with Gasteiger partial charge in [0.25, 0.3) is 0 Å². The maximum Gasteiger partial charge on any atom is 0.126 e. The molecule has 1 aromatic rings. The zero-order valence-electron chi connectivity index (χ0n) is 11.1. The van der Waals surface area contributed by atoms with Gasteiger partial charge >= 0.3 is 0 Å². The van der Waals surface area contributed by atoms with Crippen LogP contribution >= 0.6 is 0 Å². The topological polar surface area (TPSA) is 9.23 Å². The Morgan fingerprint density at radius 2 is 2.00 bits per heavy atom. The first-order valence-electron chi connectivity index (χ1n) is 6.66. The SMILES string of the molecule is C=Cc1ccccc1OC(C)CCCCCC. The molecule has 0 amide bonds. The fraction of sp³-hybridized carbons (Fsp3) is 0.500. The van der Waals surface area contributed by atoms with Gasteiger partial charge in [-0.05, 0) is 25.8 Å². The number of hydrogen-bond acceptors (Lipinski definition) is 1. The third kappa shape index (κ3) is 5.08. The highest BCUT2D eigenvalue weighted by Crippen LogP contribution is 2.21. The number of hydrogen-bond donors (Lipinski definition) is 0. The van der Waals surface area contributed by atoms with Crippen molar-refractivity contribution in [2.45, 2.75) is 52.1 Å². The first-order valence-corrected chi connectivity index (χ1v) is 6.66. The summed E-state index contributed by atoms with van der Waals surface area (Å²) >= 11 is 0. The van der Waals surface area contributed by atoms with Gasteiger partial charge in [0.2, 0.25) is 0 Å². The smallest absolute Gasteiger partial charge is 0.126 e. The Bertz CT molecular complexity index is 330. The van der Waals surface area contributed by atoms with Gasteiger partial charge in [0.05, 0.1) is 6.10 Å². The minimum atomic E-state index is 0.285. The molecule has 1 nitrogen and oxygen atoms in total. The average molecular weight is 232 g/mol. The summed E-state index contributed by atoms with van der Waals surface area (Å²) in [6.07, 6.45) is 8.45. The van der Waals surface area contributed by atoms with Crippen molar-refractivity contribution in [1.82, 2.24) is 0 Å². The lowest BCUT2D eigenvalue weighted by molar-refractivity contribution is 0.206. The Morgan fingerprint density at radius 1 is 1.24 bits per heavy atom. The third-order valence-corrected chi connectivity index (χ3v) is 2.93. The Kier molecular flexibility index (Phi) is 6.46. The van der Waals surface area contributed by atoms with Gasteiger partial charge in [-0.1, -0.05) is 57.0 Å². The van der Waals surface area contributed by atoms with E-state index >= 15 is 0 Å². The summed E-state index contributed by atoms with van der Waals surface area (Å²) < 4.78 is 5.95. The molecule has 1 aromatic carbocycles. The normalized spacial score (nSPS) is 12.1. The van der Waals surface area contributed by atoms with Crippen molar-refractivity contribution >= 4 is 6.08 Å². The summed E-state index contributed by atoms with van der Waals surface area (Å²) in [6.45, 7) is 8.19. The number of para-hydroxylation sites is 1. The fourth-order valence-electron chi connectivity index (χ4n) is 1.89. The highest BCUT2D eigenvalue weighted by Gasteiger charge is 2.05. The molecule has 0 radical (unpaired) electrons. The average Bonchev–Trinajstić information content (AvgIpc) is 2.35. The summed E-state index contributed by atoms with van der Waals surface area (Å²) in [5.74, 6) is 0.950. The van der Waals surface area contributed by atoms with E-state index in [-0.39, 0.29) is 6.10 Å². The van der Waals surface area contributed by atoms with Crippen molar-refractivity contribution in [3.8, 4) is 5.75 Å². The van der Waals surface area contributed by atoms with Crippen LogP contribution < -0.4 is 4.74 Å². The van der Waals surface area contributed by atoms with E-state index in [0.29, 0.717) is 0 Å². The minimum absolute atomic E-state index is 0.285. The highest BCUT2D eigenvalue weighted by atomic mass is 16.5. The molecule has 1 heteroatoms. The van der Waals surface area contributed by atoms with Crippen LogP contribution in [-0.4, -0.2) is 6.10 Å². The minimum Gasteiger partial charge on any atom is -0.490 e. The molecular formula is C16H24O. The van der Waals surface area contributed by atoms with Gasteiger partial charge in [-0.25, -0.2) is 0 Å². The zero-order chi connectivity index (χ0) is 12.5. The van der Waals surface area contributed by atoms with Gasteiger partial charge < -0.3 is 4.74 Å². The predicted molar refractivity (Wildman–Crippen MR) is 75.4 cm³/mol. The summed E-state index contributed by atoms with van der Waals surface area (Å²) in [5.41, 5.74) is 1.08. The van der Waals surface area contributed by atoms with Crippen LogP contribution in [0.4, 0.5) is 0 Å². The third-order valence-electron chi connectivity index (χ3n) is 2.93. The van der Waals surface area contributed by atoms with E-state index < -0.39 is 0 Å². The van der Waals surface area contributed by atoms with Crippen molar-refractivity contribution < 1.29 is 4.74 Å². The maximum atomic E-state index is 5.95. The van der Waals surface area contributed by atoms with E-state index in [1.807, 2.05) is 30.3 Å². The Labute approximate surface area is 106 Å². The molecule has 0 bridgehead atoms. The fourth-order valence-corrected chi connectivity index (χ4v) is 1.89. The monoisotopic (exact) mass is 232 g/mol. The van der Waals surface area contributed by atoms with Gasteiger partial charge in [-0.3, -0.25) is 0 Å². The molecule has 0 fully saturated rings. The molecule has 1 unspecified atom stereocenters. The van der Waals surface area contributed by atoms with E-state index in [2.05, 4.69) is 20.4 Å². The van der Waals surface area contributed by atoms with Crippen molar-refractivity contribution in [2.75, 3.05) is 0 Å². The summed E-state index contributed by atoms with van der Waals surface area (Å²) in [6, 6.07) is 8.06. The molecule has 17 heavy (non-hydrogen) atoms. The summed E-state index contributed by atoms with van der Waals surface area (Å²) in [5, 5.41) is 0. The van der Waals surface area contributed by atoms with Crippen LogP contribution in [-0.2, 0) is 0 Å². The zero-order valence-corrected chi connectivity index (χ0v) is 11.1.